The van der Waals surface area contributed by atoms with Gasteiger partial charge in [0, 0.05) is 31.3 Å². The number of ether oxygens (including phenoxy) is 1. The normalized spacial score (nSPS) is 20.3. The van der Waals surface area contributed by atoms with E-state index < -0.39 is 16.1 Å². The summed E-state index contributed by atoms with van der Waals surface area (Å²) in [6.45, 7) is 0.343. The summed E-state index contributed by atoms with van der Waals surface area (Å²) in [5.74, 6) is 0.174. The fourth-order valence-electron chi connectivity index (χ4n) is 1.98. The zero-order chi connectivity index (χ0) is 16.2. The molecule has 1 aliphatic rings. The van der Waals surface area contributed by atoms with Crippen molar-refractivity contribution in [2.24, 2.45) is 5.73 Å². The lowest BCUT2D eigenvalue weighted by Gasteiger charge is -2.15. The van der Waals surface area contributed by atoms with Crippen molar-refractivity contribution in [1.82, 2.24) is 9.29 Å². The summed E-state index contributed by atoms with van der Waals surface area (Å²) in [6, 6.07) is 2.76. The van der Waals surface area contributed by atoms with E-state index >= 15 is 0 Å². The van der Waals surface area contributed by atoms with Crippen molar-refractivity contribution < 1.29 is 22.7 Å². The first-order valence-corrected chi connectivity index (χ1v) is 8.16. The maximum absolute atomic E-state index is 12.3. The van der Waals surface area contributed by atoms with Crippen molar-refractivity contribution in [2.45, 2.75) is 17.4 Å². The first-order chi connectivity index (χ1) is 10.5. The predicted octanol–water partition coefficient (Wildman–Crippen LogP) is 0.0278. The third-order valence-electron chi connectivity index (χ3n) is 3.30. The lowest BCUT2D eigenvalue weighted by molar-refractivity contribution is 0.189. The fourth-order valence-corrected chi connectivity index (χ4v) is 3.42. The summed E-state index contributed by atoms with van der Waals surface area (Å²) >= 11 is 0. The van der Waals surface area contributed by atoms with Crippen LogP contribution in [0.1, 0.15) is 6.42 Å². The molecule has 7 nitrogen and oxygen atoms in total. The highest BCUT2D eigenvalue weighted by Gasteiger charge is 2.31. The minimum absolute atomic E-state index is 0.0223. The van der Waals surface area contributed by atoms with Crippen molar-refractivity contribution in [1.29, 1.82) is 0 Å². The molecule has 0 bridgehead atoms. The van der Waals surface area contributed by atoms with E-state index in [1.54, 1.807) is 0 Å². The van der Waals surface area contributed by atoms with Gasteiger partial charge >= 0.3 is 0 Å². The number of β-amino-alcohol motifs (C(OH)–C–C–N with tert-alkyl or cyclic N) is 1. The average molecular weight is 331 g/mol. The van der Waals surface area contributed by atoms with E-state index in [1.165, 1.54) is 22.6 Å². The first kappa shape index (κ1) is 16.8. The Morgan fingerprint density at radius 2 is 2.36 bits per heavy atom. The fraction of sp³-hybridized carbons (Fsp3) is 0.462. The molecule has 0 saturated carbocycles. The Balaban J connectivity index is 2.05. The van der Waals surface area contributed by atoms with Gasteiger partial charge in [-0.25, -0.2) is 17.8 Å². The minimum atomic E-state index is -3.67. The lowest BCUT2D eigenvalue weighted by Crippen LogP contribution is -2.29. The largest absolute Gasteiger partial charge is 0.473 e. The highest BCUT2D eigenvalue weighted by molar-refractivity contribution is 7.89. The van der Waals surface area contributed by atoms with Crippen LogP contribution in [0.2, 0.25) is 0 Å². The number of halogens is 1. The van der Waals surface area contributed by atoms with Crippen LogP contribution < -0.4 is 10.5 Å². The number of sulfonamides is 1. The first-order valence-electron chi connectivity index (χ1n) is 6.72. The maximum Gasteiger partial charge on any atom is 0.244 e. The van der Waals surface area contributed by atoms with Gasteiger partial charge in [-0.3, -0.25) is 0 Å². The highest BCUT2D eigenvalue weighted by Crippen LogP contribution is 2.21. The molecule has 0 aliphatic carbocycles. The van der Waals surface area contributed by atoms with Crippen LogP contribution in [0.15, 0.2) is 35.1 Å². The summed E-state index contributed by atoms with van der Waals surface area (Å²) in [5.41, 5.74) is 5.56. The maximum atomic E-state index is 12.3. The zero-order valence-electron chi connectivity index (χ0n) is 11.9. The second-order valence-corrected chi connectivity index (χ2v) is 6.84. The molecule has 1 aromatic rings. The van der Waals surface area contributed by atoms with Gasteiger partial charge in [0.1, 0.15) is 11.5 Å². The van der Waals surface area contributed by atoms with Crippen LogP contribution in [-0.4, -0.2) is 55.2 Å². The Hall–Kier alpha value is -1.55. The van der Waals surface area contributed by atoms with E-state index in [4.69, 9.17) is 10.5 Å². The summed E-state index contributed by atoms with van der Waals surface area (Å²) in [6.07, 6.45) is 1.34. The summed E-state index contributed by atoms with van der Waals surface area (Å²) in [5, 5.41) is 9.43. The van der Waals surface area contributed by atoms with Gasteiger partial charge in [0.15, 0.2) is 0 Å². The summed E-state index contributed by atoms with van der Waals surface area (Å²) in [7, 11) is -3.67. The third-order valence-corrected chi connectivity index (χ3v) is 5.14. The molecule has 2 heterocycles. The lowest BCUT2D eigenvalue weighted by atomic mass is 10.3. The van der Waals surface area contributed by atoms with Crippen LogP contribution in [0.25, 0.3) is 0 Å². The number of aliphatic hydroxyl groups is 1. The zero-order valence-corrected chi connectivity index (χ0v) is 12.7. The molecule has 0 radical (unpaired) electrons. The quantitative estimate of drug-likeness (QED) is 0.762. The van der Waals surface area contributed by atoms with E-state index in [9.17, 15) is 17.9 Å². The molecule has 0 unspecified atom stereocenters. The Labute approximate surface area is 128 Å². The molecule has 0 spiro atoms. The SMILES string of the molecule is NC/C(=C\F)COc1ccc(S(=O)(=O)N2CC[C@H](O)C2)cn1. The third kappa shape index (κ3) is 3.80. The number of rotatable bonds is 6. The van der Waals surface area contributed by atoms with Gasteiger partial charge in [-0.05, 0) is 12.5 Å². The van der Waals surface area contributed by atoms with Crippen LogP contribution in [0.3, 0.4) is 0 Å². The van der Waals surface area contributed by atoms with E-state index in [2.05, 4.69) is 4.98 Å². The van der Waals surface area contributed by atoms with Crippen LogP contribution in [0.4, 0.5) is 4.39 Å². The van der Waals surface area contributed by atoms with Gasteiger partial charge < -0.3 is 15.6 Å². The molecular formula is C13H18FN3O4S. The van der Waals surface area contributed by atoms with Crippen LogP contribution in [0.5, 0.6) is 5.88 Å². The average Bonchev–Trinajstić information content (AvgIpc) is 2.96. The van der Waals surface area contributed by atoms with E-state index in [-0.39, 0.29) is 42.6 Å². The molecule has 1 atom stereocenters. The predicted molar refractivity (Wildman–Crippen MR) is 77.4 cm³/mol. The van der Waals surface area contributed by atoms with Crippen molar-refractivity contribution in [3.63, 3.8) is 0 Å². The van der Waals surface area contributed by atoms with Gasteiger partial charge in [-0.15, -0.1) is 0 Å². The molecule has 0 amide bonds. The molecule has 1 saturated heterocycles. The Bertz CT molecular complexity index is 633. The molecule has 2 rings (SSSR count). The smallest absolute Gasteiger partial charge is 0.244 e. The van der Waals surface area contributed by atoms with Crippen LogP contribution in [0, 0.1) is 0 Å². The van der Waals surface area contributed by atoms with Crippen molar-refractivity contribution in [3.05, 3.63) is 30.2 Å². The van der Waals surface area contributed by atoms with Crippen molar-refractivity contribution >= 4 is 10.0 Å². The number of nitrogens with two attached hydrogens (primary N) is 1. The molecule has 9 heteroatoms. The number of aliphatic hydroxyl groups excluding tert-OH is 1. The number of nitrogens with zero attached hydrogens (tertiary/aromatic N) is 2. The van der Waals surface area contributed by atoms with Gasteiger partial charge in [0.05, 0.1) is 18.6 Å². The Kier molecular flexibility index (Phi) is 5.46. The Morgan fingerprint density at radius 1 is 1.59 bits per heavy atom. The van der Waals surface area contributed by atoms with Gasteiger partial charge in [-0.2, -0.15) is 4.31 Å². The topological polar surface area (TPSA) is 106 Å². The molecule has 1 fully saturated rings. The van der Waals surface area contributed by atoms with Crippen LogP contribution in [-0.2, 0) is 10.0 Å². The second kappa shape index (κ2) is 7.14. The van der Waals surface area contributed by atoms with Crippen LogP contribution >= 0.6 is 0 Å². The number of pyridine rings is 1. The monoisotopic (exact) mass is 331 g/mol. The number of hydrogen-bond donors (Lipinski definition) is 2. The molecule has 1 aromatic heterocycles. The highest BCUT2D eigenvalue weighted by atomic mass is 32.2. The number of aromatic nitrogens is 1. The van der Waals surface area contributed by atoms with Gasteiger partial charge in [0.25, 0.3) is 0 Å². The van der Waals surface area contributed by atoms with Crippen molar-refractivity contribution in [3.8, 4) is 5.88 Å². The molecule has 22 heavy (non-hydrogen) atoms. The molecule has 0 aromatic carbocycles. The standard InChI is InChI=1S/C13H18FN3O4S/c14-5-10(6-15)9-21-13-2-1-12(7-16-13)22(19,20)17-4-3-11(18)8-17/h1-2,5,7,11,18H,3-4,6,8-9,15H2/b10-5+/t11-/m0/s1. The van der Waals surface area contributed by atoms with E-state index in [1.807, 2.05) is 0 Å². The van der Waals surface area contributed by atoms with Gasteiger partial charge in [0.2, 0.25) is 15.9 Å². The summed E-state index contributed by atoms with van der Waals surface area (Å²) < 4.78 is 43.4. The van der Waals surface area contributed by atoms with Crippen molar-refractivity contribution in [2.75, 3.05) is 26.2 Å². The molecule has 122 valence electrons. The van der Waals surface area contributed by atoms with E-state index in [0.29, 0.717) is 12.8 Å². The molecular weight excluding hydrogens is 313 g/mol. The number of hydrogen-bond acceptors (Lipinski definition) is 6. The molecule has 1 aliphatic heterocycles. The minimum Gasteiger partial charge on any atom is -0.473 e. The second-order valence-electron chi connectivity index (χ2n) is 4.90. The van der Waals surface area contributed by atoms with E-state index in [0.717, 1.165) is 0 Å². The molecule has 3 N–H and O–H groups in total. The summed E-state index contributed by atoms with van der Waals surface area (Å²) in [4.78, 5) is 3.92. The Morgan fingerprint density at radius 3 is 2.86 bits per heavy atom. The van der Waals surface area contributed by atoms with Gasteiger partial charge in [-0.1, -0.05) is 0 Å².